The Bertz CT molecular complexity index is 597. The Morgan fingerprint density at radius 1 is 0.955 bits per heavy atom. The fraction of sp³-hybridized carbons (Fsp3) is 0.158. The summed E-state index contributed by atoms with van der Waals surface area (Å²) in [4.78, 5) is 2.23. The normalized spacial score (nSPS) is 11.3. The SMILES string of the molecule is CN(C)C(c1ccccc1Br)[c-]1cccc1.[Fe+2].c1cc[cH-]c1. The van der Waals surface area contributed by atoms with E-state index in [1.54, 1.807) is 0 Å². The van der Waals surface area contributed by atoms with E-state index in [0.717, 1.165) is 4.47 Å². The van der Waals surface area contributed by atoms with Gasteiger partial charge in [0.15, 0.2) is 0 Å². The van der Waals surface area contributed by atoms with Gasteiger partial charge in [-0.3, -0.25) is 0 Å². The van der Waals surface area contributed by atoms with Gasteiger partial charge in [-0.05, 0) is 25.7 Å². The molecule has 1 atom stereocenters. The molecule has 22 heavy (non-hydrogen) atoms. The molecule has 0 saturated heterocycles. The van der Waals surface area contributed by atoms with Crippen molar-refractivity contribution in [2.24, 2.45) is 0 Å². The van der Waals surface area contributed by atoms with Crippen molar-refractivity contribution in [2.45, 2.75) is 6.04 Å². The van der Waals surface area contributed by atoms with Gasteiger partial charge >= 0.3 is 17.1 Å². The third-order valence-electron chi connectivity index (χ3n) is 3.28. The van der Waals surface area contributed by atoms with E-state index in [2.05, 4.69) is 77.4 Å². The van der Waals surface area contributed by atoms with Gasteiger partial charge in [0.1, 0.15) is 0 Å². The number of rotatable bonds is 3. The van der Waals surface area contributed by atoms with Gasteiger partial charge in [-0.25, -0.2) is 24.3 Å². The van der Waals surface area contributed by atoms with Crippen LogP contribution < -0.4 is 0 Å². The van der Waals surface area contributed by atoms with E-state index in [1.807, 2.05) is 36.4 Å². The number of halogens is 1. The van der Waals surface area contributed by atoms with Crippen LogP contribution in [-0.2, 0) is 17.1 Å². The first-order chi connectivity index (χ1) is 10.2. The average molecular weight is 398 g/mol. The molecule has 0 fully saturated rings. The molecule has 3 aromatic carbocycles. The van der Waals surface area contributed by atoms with E-state index < -0.39 is 0 Å². The van der Waals surface area contributed by atoms with E-state index in [0.29, 0.717) is 6.04 Å². The van der Waals surface area contributed by atoms with Crippen LogP contribution in [0.1, 0.15) is 17.2 Å². The molecule has 116 valence electrons. The smallest absolute Gasteiger partial charge is 0.309 e. The van der Waals surface area contributed by atoms with Crippen LogP contribution >= 0.6 is 15.9 Å². The molecule has 0 saturated carbocycles. The predicted molar refractivity (Wildman–Crippen MR) is 93.7 cm³/mol. The summed E-state index contributed by atoms with van der Waals surface area (Å²) in [5, 5.41) is 0. The monoisotopic (exact) mass is 397 g/mol. The van der Waals surface area contributed by atoms with Gasteiger partial charge < -0.3 is 4.90 Å². The molecule has 3 heteroatoms. The number of benzene rings is 1. The van der Waals surface area contributed by atoms with Crippen LogP contribution in [0.4, 0.5) is 0 Å². The number of hydrogen-bond acceptors (Lipinski definition) is 1. The maximum Gasteiger partial charge on any atom is 2.00 e. The van der Waals surface area contributed by atoms with Crippen LogP contribution in [0, 0.1) is 0 Å². The summed E-state index contributed by atoms with van der Waals surface area (Å²) in [5.41, 5.74) is 2.63. The van der Waals surface area contributed by atoms with Crippen LogP contribution in [0.2, 0.25) is 0 Å². The Hall–Kier alpha value is -1.12. The van der Waals surface area contributed by atoms with E-state index in [9.17, 15) is 0 Å². The topological polar surface area (TPSA) is 3.24 Å². The molecule has 0 spiro atoms. The van der Waals surface area contributed by atoms with Gasteiger partial charge in [0.05, 0.1) is 0 Å². The van der Waals surface area contributed by atoms with Crippen molar-refractivity contribution in [3.05, 3.63) is 94.5 Å². The molecule has 0 radical (unpaired) electrons. The minimum absolute atomic E-state index is 0. The Kier molecular flexibility index (Phi) is 8.44. The van der Waals surface area contributed by atoms with Gasteiger partial charge in [0.25, 0.3) is 0 Å². The summed E-state index contributed by atoms with van der Waals surface area (Å²) in [6.45, 7) is 0. The quantitative estimate of drug-likeness (QED) is 0.432. The summed E-state index contributed by atoms with van der Waals surface area (Å²) in [6, 6.07) is 27.2. The zero-order valence-electron chi connectivity index (χ0n) is 12.8. The van der Waals surface area contributed by atoms with Crippen molar-refractivity contribution in [3.8, 4) is 0 Å². The molecule has 1 nitrogen and oxygen atoms in total. The minimum atomic E-state index is 0. The van der Waals surface area contributed by atoms with Crippen LogP contribution in [-0.4, -0.2) is 19.0 Å². The predicted octanol–water partition coefficient (Wildman–Crippen LogP) is 5.22. The average Bonchev–Trinajstić information content (AvgIpc) is 3.16. The molecule has 0 aromatic heterocycles. The Morgan fingerprint density at radius 3 is 2.00 bits per heavy atom. The Balaban J connectivity index is 0.000000344. The standard InChI is InChI=1S/C14H15BrN.C5H5.Fe/c1-16(2)14(11-7-3-4-8-11)12-9-5-6-10-13(12)15;1-2-4-5-3-1;/h3-10,14H,1-2H3;1-5H;/q2*-1;+2. The third kappa shape index (κ3) is 5.26. The van der Waals surface area contributed by atoms with Crippen molar-refractivity contribution < 1.29 is 17.1 Å². The molecular weight excluding hydrogens is 378 g/mol. The van der Waals surface area contributed by atoms with Crippen molar-refractivity contribution in [3.63, 3.8) is 0 Å². The molecule has 0 N–H and O–H groups in total. The first-order valence-corrected chi connectivity index (χ1v) is 7.78. The van der Waals surface area contributed by atoms with E-state index in [-0.39, 0.29) is 17.1 Å². The van der Waals surface area contributed by atoms with Crippen molar-refractivity contribution in [1.82, 2.24) is 4.90 Å². The molecule has 0 heterocycles. The largest absolute Gasteiger partial charge is 2.00 e. The van der Waals surface area contributed by atoms with Crippen LogP contribution in [0.3, 0.4) is 0 Å². The molecule has 3 rings (SSSR count). The van der Waals surface area contributed by atoms with Crippen LogP contribution in [0.25, 0.3) is 0 Å². The van der Waals surface area contributed by atoms with Crippen LogP contribution in [0.5, 0.6) is 0 Å². The second-order valence-corrected chi connectivity index (χ2v) is 5.92. The van der Waals surface area contributed by atoms with E-state index in [4.69, 9.17) is 0 Å². The second kappa shape index (κ2) is 9.81. The maximum atomic E-state index is 3.62. The molecule has 3 aromatic rings. The minimum Gasteiger partial charge on any atom is -0.309 e. The van der Waals surface area contributed by atoms with E-state index in [1.165, 1.54) is 11.1 Å². The fourth-order valence-electron chi connectivity index (χ4n) is 2.34. The van der Waals surface area contributed by atoms with Crippen LogP contribution in [0.15, 0.2) is 83.3 Å². The van der Waals surface area contributed by atoms with Crippen molar-refractivity contribution >= 4 is 15.9 Å². The van der Waals surface area contributed by atoms with Gasteiger partial charge in [0, 0.05) is 10.5 Å². The molecule has 0 aliphatic rings. The first kappa shape index (κ1) is 18.9. The van der Waals surface area contributed by atoms with Gasteiger partial charge in [-0.1, -0.05) is 34.1 Å². The molecule has 0 aliphatic carbocycles. The Labute approximate surface area is 152 Å². The molecule has 0 aliphatic heterocycles. The molecule has 0 amide bonds. The van der Waals surface area contributed by atoms with Crippen molar-refractivity contribution in [2.75, 3.05) is 14.1 Å². The fourth-order valence-corrected chi connectivity index (χ4v) is 2.85. The summed E-state index contributed by atoms with van der Waals surface area (Å²) < 4.78 is 1.16. The third-order valence-corrected chi connectivity index (χ3v) is 4.00. The number of nitrogens with zero attached hydrogens (tertiary/aromatic N) is 1. The molecular formula is C19H20BrFeN. The van der Waals surface area contributed by atoms with Crippen molar-refractivity contribution in [1.29, 1.82) is 0 Å². The van der Waals surface area contributed by atoms with Gasteiger partial charge in [-0.15, -0.1) is 5.56 Å². The van der Waals surface area contributed by atoms with Gasteiger partial charge in [-0.2, -0.15) is 30.3 Å². The summed E-state index contributed by atoms with van der Waals surface area (Å²) in [6.07, 6.45) is 0. The second-order valence-electron chi connectivity index (χ2n) is 5.07. The zero-order valence-corrected chi connectivity index (χ0v) is 15.5. The number of hydrogen-bond donors (Lipinski definition) is 0. The zero-order chi connectivity index (χ0) is 15.1. The Morgan fingerprint density at radius 2 is 1.55 bits per heavy atom. The summed E-state index contributed by atoms with van der Waals surface area (Å²) in [7, 11) is 4.22. The van der Waals surface area contributed by atoms with E-state index >= 15 is 0 Å². The van der Waals surface area contributed by atoms with Gasteiger partial charge in [0.2, 0.25) is 0 Å². The summed E-state index contributed by atoms with van der Waals surface area (Å²) in [5.74, 6) is 0. The maximum absolute atomic E-state index is 3.62. The first-order valence-electron chi connectivity index (χ1n) is 6.99. The molecule has 0 bridgehead atoms. The molecule has 1 unspecified atom stereocenters. The summed E-state index contributed by atoms with van der Waals surface area (Å²) >= 11 is 3.62.